The highest BCUT2D eigenvalue weighted by Crippen LogP contribution is 2.09. The van der Waals surface area contributed by atoms with Gasteiger partial charge in [-0.05, 0) is 31.0 Å². The van der Waals surface area contributed by atoms with E-state index in [0.717, 1.165) is 12.1 Å². The summed E-state index contributed by atoms with van der Waals surface area (Å²) in [7, 11) is 1.68. The number of nitrogens with one attached hydrogen (secondary N) is 1. The molecule has 0 aliphatic rings. The molecule has 84 valence electrons. The first-order valence-electron chi connectivity index (χ1n) is 5.11. The van der Waals surface area contributed by atoms with E-state index >= 15 is 0 Å². The van der Waals surface area contributed by atoms with Gasteiger partial charge in [0.2, 0.25) is 0 Å². The number of ether oxygens (including phenoxy) is 1. The lowest BCUT2D eigenvalue weighted by molar-refractivity contribution is 0.171. The maximum Gasteiger partial charge on any atom is 0.126 e. The zero-order valence-corrected chi connectivity index (χ0v) is 9.51. The van der Waals surface area contributed by atoms with E-state index in [-0.39, 0.29) is 5.82 Å². The predicted octanol–water partition coefficient (Wildman–Crippen LogP) is 2.26. The fourth-order valence-electron chi connectivity index (χ4n) is 1.42. The molecule has 0 radical (unpaired) electrons. The maximum atomic E-state index is 13.0. The Morgan fingerprint density at radius 3 is 2.80 bits per heavy atom. The van der Waals surface area contributed by atoms with Crippen LogP contribution in [0.1, 0.15) is 18.1 Å². The van der Waals surface area contributed by atoms with Gasteiger partial charge in [0.05, 0.1) is 6.61 Å². The summed E-state index contributed by atoms with van der Waals surface area (Å²) < 4.78 is 18.0. The maximum absolute atomic E-state index is 13.0. The molecule has 0 aromatic heterocycles. The summed E-state index contributed by atoms with van der Waals surface area (Å²) in [5.74, 6) is -0.149. The Kier molecular flexibility index (Phi) is 4.72. The number of methoxy groups -OCH3 is 1. The number of hydrogen-bond donors (Lipinski definition) is 1. The second kappa shape index (κ2) is 5.83. The molecule has 2 nitrogen and oxygen atoms in total. The Labute approximate surface area is 90.4 Å². The molecule has 0 saturated heterocycles. The first-order valence-corrected chi connectivity index (χ1v) is 5.11. The van der Waals surface area contributed by atoms with Gasteiger partial charge in [-0.3, -0.25) is 0 Å². The molecule has 0 aliphatic carbocycles. The molecule has 1 N–H and O–H groups in total. The first-order chi connectivity index (χ1) is 7.13. The Hall–Kier alpha value is -0.930. The van der Waals surface area contributed by atoms with E-state index in [1.807, 2.05) is 6.07 Å². The van der Waals surface area contributed by atoms with Crippen LogP contribution in [0.3, 0.4) is 0 Å². The van der Waals surface area contributed by atoms with Crippen LogP contribution in [0.4, 0.5) is 4.39 Å². The summed E-state index contributed by atoms with van der Waals surface area (Å²) in [6.45, 7) is 5.25. The van der Waals surface area contributed by atoms with E-state index in [4.69, 9.17) is 4.74 Å². The van der Waals surface area contributed by atoms with Crippen molar-refractivity contribution in [3.05, 3.63) is 35.1 Å². The molecule has 1 atom stereocenters. The molecule has 15 heavy (non-hydrogen) atoms. The highest BCUT2D eigenvalue weighted by molar-refractivity contribution is 5.23. The van der Waals surface area contributed by atoms with Crippen molar-refractivity contribution >= 4 is 0 Å². The van der Waals surface area contributed by atoms with E-state index in [9.17, 15) is 4.39 Å². The zero-order valence-electron chi connectivity index (χ0n) is 9.51. The molecule has 3 heteroatoms. The lowest BCUT2D eigenvalue weighted by Crippen LogP contribution is -2.29. The zero-order chi connectivity index (χ0) is 11.3. The van der Waals surface area contributed by atoms with Crippen LogP contribution < -0.4 is 5.32 Å². The molecule has 0 heterocycles. The van der Waals surface area contributed by atoms with E-state index in [1.54, 1.807) is 20.1 Å². The summed E-state index contributed by atoms with van der Waals surface area (Å²) in [5.41, 5.74) is 1.78. The summed E-state index contributed by atoms with van der Waals surface area (Å²) in [6, 6.07) is 5.48. The van der Waals surface area contributed by atoms with Crippen molar-refractivity contribution in [3.63, 3.8) is 0 Å². The quantitative estimate of drug-likeness (QED) is 0.806. The van der Waals surface area contributed by atoms with Crippen LogP contribution >= 0.6 is 0 Å². The topological polar surface area (TPSA) is 21.3 Å². The Balaban J connectivity index is 2.47. The molecule has 0 unspecified atom stereocenters. The van der Waals surface area contributed by atoms with Crippen LogP contribution in [0, 0.1) is 12.7 Å². The minimum absolute atomic E-state index is 0.149. The van der Waals surface area contributed by atoms with Gasteiger partial charge >= 0.3 is 0 Å². The lowest BCUT2D eigenvalue weighted by atomic mass is 10.1. The molecular formula is C12H18FNO. The molecule has 0 fully saturated rings. The second-order valence-corrected chi connectivity index (χ2v) is 3.82. The van der Waals surface area contributed by atoms with Crippen molar-refractivity contribution in [2.24, 2.45) is 0 Å². The SMILES string of the molecule is COC[C@H](C)NCc1ccc(F)c(C)c1. The number of aryl methyl sites for hydroxylation is 1. The third-order valence-corrected chi connectivity index (χ3v) is 2.29. The normalized spacial score (nSPS) is 12.8. The van der Waals surface area contributed by atoms with Gasteiger partial charge in [0.25, 0.3) is 0 Å². The fraction of sp³-hybridized carbons (Fsp3) is 0.500. The van der Waals surface area contributed by atoms with Crippen LogP contribution in [0.2, 0.25) is 0 Å². The van der Waals surface area contributed by atoms with E-state index < -0.39 is 0 Å². The van der Waals surface area contributed by atoms with Crippen LogP contribution in [-0.2, 0) is 11.3 Å². The van der Waals surface area contributed by atoms with Crippen LogP contribution in [0.25, 0.3) is 0 Å². The van der Waals surface area contributed by atoms with Crippen LogP contribution in [0.15, 0.2) is 18.2 Å². The molecule has 0 bridgehead atoms. The van der Waals surface area contributed by atoms with Crippen molar-refractivity contribution in [2.45, 2.75) is 26.4 Å². The predicted molar refractivity (Wildman–Crippen MR) is 59.3 cm³/mol. The lowest BCUT2D eigenvalue weighted by Gasteiger charge is -2.12. The van der Waals surface area contributed by atoms with Crippen molar-refractivity contribution in [2.75, 3.05) is 13.7 Å². The van der Waals surface area contributed by atoms with Crippen molar-refractivity contribution < 1.29 is 9.13 Å². The third kappa shape index (κ3) is 3.98. The summed E-state index contributed by atoms with van der Waals surface area (Å²) in [6.07, 6.45) is 0. The van der Waals surface area contributed by atoms with Crippen molar-refractivity contribution in [1.29, 1.82) is 0 Å². The number of halogens is 1. The molecule has 0 saturated carbocycles. The molecule has 1 aromatic carbocycles. The standard InChI is InChI=1S/C12H18FNO/c1-9-6-11(4-5-12(9)13)7-14-10(2)8-15-3/h4-6,10,14H,7-8H2,1-3H3/t10-/m0/s1. The molecular weight excluding hydrogens is 193 g/mol. The highest BCUT2D eigenvalue weighted by atomic mass is 19.1. The van der Waals surface area contributed by atoms with Gasteiger partial charge in [0, 0.05) is 19.7 Å². The highest BCUT2D eigenvalue weighted by Gasteiger charge is 2.02. The van der Waals surface area contributed by atoms with E-state index in [1.165, 1.54) is 6.07 Å². The van der Waals surface area contributed by atoms with Gasteiger partial charge < -0.3 is 10.1 Å². The Morgan fingerprint density at radius 1 is 1.47 bits per heavy atom. The van der Waals surface area contributed by atoms with Gasteiger partial charge in [-0.1, -0.05) is 12.1 Å². The summed E-state index contributed by atoms with van der Waals surface area (Å²) in [4.78, 5) is 0. The number of benzene rings is 1. The Morgan fingerprint density at radius 2 is 2.20 bits per heavy atom. The van der Waals surface area contributed by atoms with Gasteiger partial charge in [-0.2, -0.15) is 0 Å². The monoisotopic (exact) mass is 211 g/mol. The number of rotatable bonds is 5. The molecule has 0 spiro atoms. The molecule has 1 aromatic rings. The molecule has 1 rings (SSSR count). The van der Waals surface area contributed by atoms with E-state index in [2.05, 4.69) is 12.2 Å². The average Bonchev–Trinajstić information content (AvgIpc) is 2.20. The largest absolute Gasteiger partial charge is 0.383 e. The summed E-state index contributed by atoms with van der Waals surface area (Å²) >= 11 is 0. The smallest absolute Gasteiger partial charge is 0.126 e. The third-order valence-electron chi connectivity index (χ3n) is 2.29. The molecule has 0 aliphatic heterocycles. The van der Waals surface area contributed by atoms with Crippen LogP contribution in [-0.4, -0.2) is 19.8 Å². The average molecular weight is 211 g/mol. The van der Waals surface area contributed by atoms with Crippen molar-refractivity contribution in [3.8, 4) is 0 Å². The minimum Gasteiger partial charge on any atom is -0.383 e. The van der Waals surface area contributed by atoms with Crippen molar-refractivity contribution in [1.82, 2.24) is 5.32 Å². The fourth-order valence-corrected chi connectivity index (χ4v) is 1.42. The van der Waals surface area contributed by atoms with Gasteiger partial charge in [0.15, 0.2) is 0 Å². The second-order valence-electron chi connectivity index (χ2n) is 3.82. The Bertz CT molecular complexity index is 314. The van der Waals surface area contributed by atoms with Gasteiger partial charge in [-0.15, -0.1) is 0 Å². The van der Waals surface area contributed by atoms with E-state index in [0.29, 0.717) is 18.2 Å². The number of hydrogen-bond acceptors (Lipinski definition) is 2. The first kappa shape index (κ1) is 12.1. The van der Waals surface area contributed by atoms with Gasteiger partial charge in [-0.25, -0.2) is 4.39 Å². The minimum atomic E-state index is -0.149. The van der Waals surface area contributed by atoms with Gasteiger partial charge in [0.1, 0.15) is 5.82 Å². The summed E-state index contributed by atoms with van der Waals surface area (Å²) in [5, 5.41) is 3.30. The molecule has 0 amide bonds. The van der Waals surface area contributed by atoms with Crippen LogP contribution in [0.5, 0.6) is 0 Å².